The minimum atomic E-state index is -0.592. The van der Waals surface area contributed by atoms with Crippen molar-refractivity contribution in [3.8, 4) is 0 Å². The molecule has 1 aromatic carbocycles. The summed E-state index contributed by atoms with van der Waals surface area (Å²) in [5.41, 5.74) is 8.17. The molecule has 3 rings (SSSR count). The van der Waals surface area contributed by atoms with Crippen LogP contribution in [0.1, 0.15) is 23.0 Å². The molecule has 2 N–H and O–H groups in total. The molecule has 1 unspecified atom stereocenters. The quantitative estimate of drug-likeness (QED) is 0.850. The van der Waals surface area contributed by atoms with Crippen molar-refractivity contribution >= 4 is 47.4 Å². The van der Waals surface area contributed by atoms with Gasteiger partial charge in [0.1, 0.15) is 11.9 Å². The van der Waals surface area contributed by atoms with Crippen LogP contribution in [0.15, 0.2) is 24.3 Å². The molecule has 25 heavy (non-hydrogen) atoms. The number of piperazine rings is 1. The molecule has 1 aromatic heterocycles. The second-order valence-corrected chi connectivity index (χ2v) is 6.56. The van der Waals surface area contributed by atoms with Gasteiger partial charge in [-0.1, -0.05) is 29.8 Å². The highest BCUT2D eigenvalue weighted by Gasteiger charge is 2.27. The number of amides is 1. The van der Waals surface area contributed by atoms with Crippen molar-refractivity contribution in [3.63, 3.8) is 0 Å². The van der Waals surface area contributed by atoms with E-state index in [4.69, 9.17) is 5.73 Å². The summed E-state index contributed by atoms with van der Waals surface area (Å²) < 4.78 is 4.21. The van der Waals surface area contributed by atoms with Crippen LogP contribution in [0.4, 0.5) is 5.13 Å². The molecule has 1 aliphatic rings. The van der Waals surface area contributed by atoms with Gasteiger partial charge in [-0.15, -0.1) is 24.8 Å². The van der Waals surface area contributed by atoms with Crippen molar-refractivity contribution in [2.45, 2.75) is 19.9 Å². The van der Waals surface area contributed by atoms with E-state index < -0.39 is 6.04 Å². The van der Waals surface area contributed by atoms with Crippen molar-refractivity contribution in [1.29, 1.82) is 0 Å². The van der Waals surface area contributed by atoms with E-state index in [-0.39, 0.29) is 30.7 Å². The SMILES string of the molecule is Cc1ccc(C(N)C(=O)N2CCN(c3nc(C)ns3)CC2)cc1.Cl.Cl. The van der Waals surface area contributed by atoms with Gasteiger partial charge >= 0.3 is 0 Å². The first kappa shape index (κ1) is 21.6. The molecular formula is C16H23Cl2N5OS. The summed E-state index contributed by atoms with van der Waals surface area (Å²) in [5.74, 6) is 0.784. The number of nitrogens with zero attached hydrogens (tertiary/aromatic N) is 4. The molecule has 2 aromatic rings. The summed E-state index contributed by atoms with van der Waals surface area (Å²) in [5, 5.41) is 0.928. The Morgan fingerprint density at radius 1 is 1.12 bits per heavy atom. The highest BCUT2D eigenvalue weighted by molar-refractivity contribution is 7.09. The number of carbonyl (C=O) groups is 1. The molecule has 9 heteroatoms. The second kappa shape index (κ2) is 9.33. The minimum Gasteiger partial charge on any atom is -0.343 e. The first-order chi connectivity index (χ1) is 11.0. The van der Waals surface area contributed by atoms with Gasteiger partial charge in [-0.3, -0.25) is 4.79 Å². The Bertz CT molecular complexity index is 686. The number of carbonyl (C=O) groups excluding carboxylic acids is 1. The second-order valence-electron chi connectivity index (χ2n) is 5.82. The zero-order valence-electron chi connectivity index (χ0n) is 14.2. The molecule has 1 aliphatic heterocycles. The summed E-state index contributed by atoms with van der Waals surface area (Å²) >= 11 is 1.41. The lowest BCUT2D eigenvalue weighted by molar-refractivity contribution is -0.133. The van der Waals surface area contributed by atoms with Gasteiger partial charge < -0.3 is 15.5 Å². The Labute approximate surface area is 164 Å². The van der Waals surface area contributed by atoms with Crippen LogP contribution >= 0.6 is 36.3 Å². The summed E-state index contributed by atoms with van der Waals surface area (Å²) in [6.07, 6.45) is 0. The van der Waals surface area contributed by atoms with Gasteiger partial charge in [-0.25, -0.2) is 4.98 Å². The van der Waals surface area contributed by atoms with Crippen LogP contribution in [0.2, 0.25) is 0 Å². The molecule has 138 valence electrons. The maximum Gasteiger partial charge on any atom is 0.244 e. The van der Waals surface area contributed by atoms with E-state index in [2.05, 4.69) is 14.3 Å². The van der Waals surface area contributed by atoms with Crippen molar-refractivity contribution in [3.05, 3.63) is 41.2 Å². The monoisotopic (exact) mass is 403 g/mol. The Morgan fingerprint density at radius 2 is 1.72 bits per heavy atom. The topological polar surface area (TPSA) is 75.4 Å². The van der Waals surface area contributed by atoms with E-state index in [9.17, 15) is 4.79 Å². The van der Waals surface area contributed by atoms with Crippen LogP contribution in [-0.2, 0) is 4.79 Å². The van der Waals surface area contributed by atoms with Crippen molar-refractivity contribution < 1.29 is 4.79 Å². The fraction of sp³-hybridized carbons (Fsp3) is 0.438. The van der Waals surface area contributed by atoms with Gasteiger partial charge in [0, 0.05) is 37.7 Å². The van der Waals surface area contributed by atoms with Crippen LogP contribution in [0.25, 0.3) is 0 Å². The molecule has 1 saturated heterocycles. The average Bonchev–Trinajstić information content (AvgIpc) is 3.01. The number of hydrogen-bond donors (Lipinski definition) is 1. The molecule has 6 nitrogen and oxygen atoms in total. The van der Waals surface area contributed by atoms with Crippen LogP contribution in [0.5, 0.6) is 0 Å². The first-order valence-electron chi connectivity index (χ1n) is 7.71. The average molecular weight is 404 g/mol. The Morgan fingerprint density at radius 3 is 2.24 bits per heavy atom. The summed E-state index contributed by atoms with van der Waals surface area (Å²) in [6.45, 7) is 6.77. The van der Waals surface area contributed by atoms with Crippen LogP contribution in [0.3, 0.4) is 0 Å². The molecular weight excluding hydrogens is 381 g/mol. The number of benzene rings is 1. The van der Waals surface area contributed by atoms with Crippen molar-refractivity contribution in [2.75, 3.05) is 31.1 Å². The standard InChI is InChI=1S/C16H21N5OS.2ClH/c1-11-3-5-13(6-4-11)14(17)15(22)20-7-9-21(10-8-20)16-18-12(2)19-23-16;;/h3-6,14H,7-10,17H2,1-2H3;2*1H. The molecule has 1 atom stereocenters. The molecule has 0 spiro atoms. The third-order valence-corrected chi connectivity index (χ3v) is 4.95. The van der Waals surface area contributed by atoms with E-state index >= 15 is 0 Å². The maximum atomic E-state index is 12.6. The third-order valence-electron chi connectivity index (χ3n) is 4.08. The molecule has 0 radical (unpaired) electrons. The number of nitrogens with two attached hydrogens (primary N) is 1. The molecule has 1 amide bonds. The highest BCUT2D eigenvalue weighted by Crippen LogP contribution is 2.20. The highest BCUT2D eigenvalue weighted by atomic mass is 35.5. The molecule has 0 bridgehead atoms. The maximum absolute atomic E-state index is 12.6. The van der Waals surface area contributed by atoms with Gasteiger partial charge in [0.25, 0.3) is 0 Å². The third kappa shape index (κ3) is 5.04. The first-order valence-corrected chi connectivity index (χ1v) is 8.48. The van der Waals surface area contributed by atoms with E-state index in [0.29, 0.717) is 13.1 Å². The number of aryl methyl sites for hydroxylation is 2. The van der Waals surface area contributed by atoms with Crippen LogP contribution < -0.4 is 10.6 Å². The largest absolute Gasteiger partial charge is 0.343 e. The number of aromatic nitrogens is 2. The van der Waals surface area contributed by atoms with Crippen molar-refractivity contribution in [2.24, 2.45) is 5.73 Å². The zero-order chi connectivity index (χ0) is 16.4. The molecule has 0 aliphatic carbocycles. The fourth-order valence-corrected chi connectivity index (χ4v) is 3.37. The predicted octanol–water partition coefficient (Wildman–Crippen LogP) is 2.35. The van der Waals surface area contributed by atoms with Gasteiger partial charge in [0.15, 0.2) is 0 Å². The lowest BCUT2D eigenvalue weighted by atomic mass is 10.0. The Kier molecular flexibility index (Phi) is 8.08. The number of halogens is 2. The molecule has 2 heterocycles. The van der Waals surface area contributed by atoms with Gasteiger partial charge in [0.05, 0.1) is 0 Å². The lowest BCUT2D eigenvalue weighted by Crippen LogP contribution is -2.51. The lowest BCUT2D eigenvalue weighted by Gasteiger charge is -2.35. The number of anilines is 1. The van der Waals surface area contributed by atoms with E-state index in [0.717, 1.165) is 35.2 Å². The zero-order valence-corrected chi connectivity index (χ0v) is 16.7. The van der Waals surface area contributed by atoms with Gasteiger partial charge in [-0.05, 0) is 19.4 Å². The van der Waals surface area contributed by atoms with Gasteiger partial charge in [-0.2, -0.15) is 4.37 Å². The summed E-state index contributed by atoms with van der Waals surface area (Å²) in [6, 6.07) is 7.23. The summed E-state index contributed by atoms with van der Waals surface area (Å²) in [7, 11) is 0. The van der Waals surface area contributed by atoms with E-state index in [1.54, 1.807) is 0 Å². The Hall–Kier alpha value is -1.41. The fourth-order valence-electron chi connectivity index (χ4n) is 2.65. The Balaban J connectivity index is 0.00000156. The van der Waals surface area contributed by atoms with Crippen LogP contribution in [-0.4, -0.2) is 46.3 Å². The normalized spacial score (nSPS) is 15.2. The van der Waals surface area contributed by atoms with E-state index in [1.165, 1.54) is 11.5 Å². The molecule has 0 saturated carbocycles. The number of hydrogen-bond acceptors (Lipinski definition) is 6. The minimum absolute atomic E-state index is 0. The smallest absolute Gasteiger partial charge is 0.244 e. The predicted molar refractivity (Wildman–Crippen MR) is 106 cm³/mol. The van der Waals surface area contributed by atoms with E-state index in [1.807, 2.05) is 43.0 Å². The van der Waals surface area contributed by atoms with Crippen LogP contribution in [0, 0.1) is 13.8 Å². The molecule has 1 fully saturated rings. The number of rotatable bonds is 3. The van der Waals surface area contributed by atoms with Crippen molar-refractivity contribution in [1.82, 2.24) is 14.3 Å². The summed E-state index contributed by atoms with van der Waals surface area (Å²) in [4.78, 5) is 21.0. The van der Waals surface area contributed by atoms with Gasteiger partial charge in [0.2, 0.25) is 11.0 Å².